The first-order chi connectivity index (χ1) is 13.6. The molecule has 0 aliphatic carbocycles. The normalized spacial score (nSPS) is 10.7. The Bertz CT molecular complexity index is 809. The van der Waals surface area contributed by atoms with Gasteiger partial charge in [-0.05, 0) is 69.2 Å². The van der Waals surface area contributed by atoms with Crippen LogP contribution in [0.3, 0.4) is 0 Å². The van der Waals surface area contributed by atoms with Crippen LogP contribution in [0.2, 0.25) is 0 Å². The third kappa shape index (κ3) is 8.34. The summed E-state index contributed by atoms with van der Waals surface area (Å²) in [6.45, 7) is 7.22. The Kier molecular flexibility index (Phi) is 9.32. The number of carboxylic acid groups (broad SMARTS) is 1. The first-order valence-electron chi connectivity index (χ1n) is 9.79. The summed E-state index contributed by atoms with van der Waals surface area (Å²) >= 11 is 0. The van der Waals surface area contributed by atoms with Crippen molar-refractivity contribution >= 4 is 28.8 Å². The van der Waals surface area contributed by atoms with Gasteiger partial charge in [-0.1, -0.05) is 26.7 Å². The van der Waals surface area contributed by atoms with Crippen LogP contribution in [0.4, 0.5) is 21.5 Å². The number of nitrogen functional groups attached to an aromatic ring is 1. The molecule has 0 radical (unpaired) electrons. The van der Waals surface area contributed by atoms with E-state index in [1.54, 1.807) is 37.3 Å². The summed E-state index contributed by atoms with van der Waals surface area (Å²) < 4.78 is 13.1. The number of carbonyl (C=O) groups excluding carboxylic acids is 1. The van der Waals surface area contributed by atoms with Gasteiger partial charge in [0.2, 0.25) is 0 Å². The zero-order valence-electron chi connectivity index (χ0n) is 17.6. The van der Waals surface area contributed by atoms with E-state index in [2.05, 4.69) is 5.32 Å². The second kappa shape index (κ2) is 11.2. The lowest BCUT2D eigenvalue weighted by Crippen LogP contribution is -2.16. The van der Waals surface area contributed by atoms with E-state index in [9.17, 15) is 14.0 Å². The molecule has 4 N–H and O–H groups in total. The summed E-state index contributed by atoms with van der Waals surface area (Å²) in [5, 5.41) is 11.9. The zero-order chi connectivity index (χ0) is 22.0. The summed E-state index contributed by atoms with van der Waals surface area (Å²) in [7, 11) is 0. The maximum absolute atomic E-state index is 13.1. The minimum Gasteiger partial charge on any atom is -0.478 e. The molecule has 0 bridgehead atoms. The molecule has 0 saturated heterocycles. The van der Waals surface area contributed by atoms with Gasteiger partial charge in [0.15, 0.2) is 5.78 Å². The van der Waals surface area contributed by atoms with Crippen molar-refractivity contribution in [2.45, 2.75) is 59.0 Å². The highest BCUT2D eigenvalue weighted by molar-refractivity contribution is 5.96. The summed E-state index contributed by atoms with van der Waals surface area (Å²) in [6, 6.07) is 11.3. The molecule has 0 aromatic heterocycles. The van der Waals surface area contributed by atoms with E-state index in [1.165, 1.54) is 19.1 Å². The predicted octanol–water partition coefficient (Wildman–Crippen LogP) is 6.23. The van der Waals surface area contributed by atoms with Gasteiger partial charge in [0.1, 0.15) is 5.67 Å². The van der Waals surface area contributed by atoms with Crippen molar-refractivity contribution in [2.75, 3.05) is 11.1 Å². The number of rotatable bonds is 8. The number of nitrogens with one attached hydrogen (secondary N) is 1. The van der Waals surface area contributed by atoms with Gasteiger partial charge in [0.05, 0.1) is 16.9 Å². The van der Waals surface area contributed by atoms with E-state index in [4.69, 9.17) is 10.8 Å². The van der Waals surface area contributed by atoms with Crippen LogP contribution in [0, 0.1) is 0 Å². The quantitative estimate of drug-likeness (QED) is 0.360. The maximum atomic E-state index is 13.1. The molecule has 6 heteroatoms. The fourth-order valence-electron chi connectivity index (χ4n) is 2.91. The van der Waals surface area contributed by atoms with Gasteiger partial charge in [-0.25, -0.2) is 9.18 Å². The molecule has 2 aromatic rings. The number of benzene rings is 2. The molecule has 0 aliphatic rings. The van der Waals surface area contributed by atoms with Crippen molar-refractivity contribution in [3.63, 3.8) is 0 Å². The summed E-state index contributed by atoms with van der Waals surface area (Å²) in [6.07, 6.45) is 3.32. The van der Waals surface area contributed by atoms with Crippen molar-refractivity contribution in [1.29, 1.82) is 0 Å². The second-order valence-corrected chi connectivity index (χ2v) is 7.28. The van der Waals surface area contributed by atoms with E-state index in [1.807, 2.05) is 13.8 Å². The number of ketones is 1. The molecule has 0 fully saturated rings. The van der Waals surface area contributed by atoms with Crippen LogP contribution in [0.5, 0.6) is 0 Å². The topological polar surface area (TPSA) is 92.4 Å². The molecular weight excluding hydrogens is 371 g/mol. The molecule has 0 amide bonds. The van der Waals surface area contributed by atoms with Gasteiger partial charge in [-0.15, -0.1) is 0 Å². The van der Waals surface area contributed by atoms with Gasteiger partial charge < -0.3 is 16.2 Å². The Balaban J connectivity index is 0.000000396. The lowest BCUT2D eigenvalue weighted by Gasteiger charge is -2.17. The van der Waals surface area contributed by atoms with Crippen molar-refractivity contribution < 1.29 is 19.1 Å². The van der Waals surface area contributed by atoms with Gasteiger partial charge in [-0.3, -0.25) is 4.79 Å². The number of aromatic carboxylic acids is 1. The van der Waals surface area contributed by atoms with Crippen LogP contribution in [0.1, 0.15) is 74.1 Å². The number of carboxylic acids is 1. The molecule has 29 heavy (non-hydrogen) atoms. The average molecular weight is 403 g/mol. The molecular formula is C23H31FN2O3. The van der Waals surface area contributed by atoms with Crippen molar-refractivity contribution in [3.8, 4) is 0 Å². The second-order valence-electron chi connectivity index (χ2n) is 7.28. The van der Waals surface area contributed by atoms with Crippen LogP contribution >= 0.6 is 0 Å². The lowest BCUT2D eigenvalue weighted by molar-refractivity contribution is 0.0696. The minimum atomic E-state index is -0.970. The number of anilines is 3. The molecule has 0 saturated carbocycles. The summed E-state index contributed by atoms with van der Waals surface area (Å²) in [5.74, 6) is -1.02. The molecule has 5 nitrogen and oxygen atoms in total. The molecule has 0 spiro atoms. The van der Waals surface area contributed by atoms with Gasteiger partial charge in [0, 0.05) is 11.3 Å². The Morgan fingerprint density at radius 2 is 1.55 bits per heavy atom. The molecule has 0 atom stereocenters. The van der Waals surface area contributed by atoms with Crippen LogP contribution in [0.25, 0.3) is 0 Å². The van der Waals surface area contributed by atoms with Crippen LogP contribution in [0.15, 0.2) is 42.5 Å². The van der Waals surface area contributed by atoms with Crippen LogP contribution in [-0.4, -0.2) is 22.5 Å². The Labute approximate surface area is 172 Å². The Morgan fingerprint density at radius 1 is 1.03 bits per heavy atom. The van der Waals surface area contributed by atoms with Gasteiger partial charge in [-0.2, -0.15) is 0 Å². The predicted molar refractivity (Wildman–Crippen MR) is 117 cm³/mol. The Hall–Kier alpha value is -2.89. The summed E-state index contributed by atoms with van der Waals surface area (Å²) in [5.41, 5.74) is 7.59. The fraction of sp³-hybridized carbons (Fsp3) is 0.391. The molecule has 0 heterocycles. The highest BCUT2D eigenvalue weighted by Gasteiger charge is 2.19. The molecule has 158 valence electrons. The minimum absolute atomic E-state index is 0.0472. The number of halogens is 1. The Morgan fingerprint density at radius 3 is 1.97 bits per heavy atom. The molecule has 2 aromatic carbocycles. The first kappa shape index (κ1) is 24.1. The van der Waals surface area contributed by atoms with Crippen LogP contribution in [-0.2, 0) is 0 Å². The van der Waals surface area contributed by atoms with Crippen molar-refractivity contribution in [1.82, 2.24) is 0 Å². The number of hydrogen-bond donors (Lipinski definition) is 3. The fourth-order valence-corrected chi connectivity index (χ4v) is 2.91. The summed E-state index contributed by atoms with van der Waals surface area (Å²) in [4.78, 5) is 22.0. The standard InChI is InChI=1S/C15H14N2O3.C8H17F/c1-9(18)11-4-7-14(13(16)8-11)17-12-5-2-10(3-6-12)15(19)20;1-4-6-8(3,9)7-5-2/h2-8,17H,16H2,1H3,(H,19,20);4-7H2,1-3H3. The maximum Gasteiger partial charge on any atom is 0.335 e. The largest absolute Gasteiger partial charge is 0.478 e. The number of carbonyl (C=O) groups is 2. The molecule has 0 aliphatic heterocycles. The number of alkyl halides is 1. The average Bonchev–Trinajstić information content (AvgIpc) is 2.64. The highest BCUT2D eigenvalue weighted by atomic mass is 19.1. The van der Waals surface area contributed by atoms with Gasteiger partial charge in [0.25, 0.3) is 0 Å². The van der Waals surface area contributed by atoms with E-state index in [-0.39, 0.29) is 11.3 Å². The number of nitrogens with two attached hydrogens (primary N) is 1. The van der Waals surface area contributed by atoms with Crippen molar-refractivity contribution in [3.05, 3.63) is 53.6 Å². The SMILES string of the molecule is CC(=O)c1ccc(Nc2ccc(C(=O)O)cc2)c(N)c1.CCCC(C)(F)CCC. The zero-order valence-corrected chi connectivity index (χ0v) is 17.6. The third-order valence-corrected chi connectivity index (χ3v) is 4.41. The third-order valence-electron chi connectivity index (χ3n) is 4.41. The molecule has 0 unspecified atom stereocenters. The van der Waals surface area contributed by atoms with E-state index in [0.717, 1.165) is 18.5 Å². The van der Waals surface area contributed by atoms with E-state index >= 15 is 0 Å². The van der Waals surface area contributed by atoms with Crippen LogP contribution < -0.4 is 11.1 Å². The monoisotopic (exact) mass is 402 g/mol. The van der Waals surface area contributed by atoms with E-state index in [0.29, 0.717) is 29.8 Å². The van der Waals surface area contributed by atoms with E-state index < -0.39 is 11.6 Å². The number of Topliss-reactive ketones (excluding diaryl/α,β-unsaturated/α-hetero) is 1. The number of hydrogen-bond acceptors (Lipinski definition) is 4. The lowest BCUT2D eigenvalue weighted by atomic mass is 9.97. The molecule has 2 rings (SSSR count). The van der Waals surface area contributed by atoms with Crippen molar-refractivity contribution in [2.24, 2.45) is 0 Å². The smallest absolute Gasteiger partial charge is 0.335 e. The van der Waals surface area contributed by atoms with Gasteiger partial charge >= 0.3 is 5.97 Å². The highest BCUT2D eigenvalue weighted by Crippen LogP contribution is 2.25. The first-order valence-corrected chi connectivity index (χ1v) is 9.79.